The summed E-state index contributed by atoms with van der Waals surface area (Å²) in [5.41, 5.74) is 6.67. The molecule has 0 atom stereocenters. The molecule has 2 aromatic heterocycles. The van der Waals surface area contributed by atoms with Crippen molar-refractivity contribution in [1.29, 1.82) is 0 Å². The maximum Gasteiger partial charge on any atom is 0.0318 e. The van der Waals surface area contributed by atoms with Crippen molar-refractivity contribution in [1.82, 2.24) is 9.97 Å². The van der Waals surface area contributed by atoms with E-state index in [4.69, 9.17) is 2.74 Å². The fourth-order valence-corrected chi connectivity index (χ4v) is 5.04. The minimum absolute atomic E-state index is 0. The molecule has 0 aliphatic carbocycles. The fourth-order valence-electron chi connectivity index (χ4n) is 5.04. The topological polar surface area (TPSA) is 25.8 Å². The zero-order valence-electron chi connectivity index (χ0n) is 26.1. The molecule has 0 N–H and O–H groups in total. The first-order chi connectivity index (χ1) is 21.4. The second-order valence-electron chi connectivity index (χ2n) is 10.4. The number of fused-ring (bicyclic) bond motifs is 3. The molecule has 213 valence electrons. The summed E-state index contributed by atoms with van der Waals surface area (Å²) in [7, 11) is 0. The zero-order chi connectivity index (χ0) is 30.5. The van der Waals surface area contributed by atoms with Gasteiger partial charge in [0.15, 0.2) is 0 Å². The van der Waals surface area contributed by atoms with Gasteiger partial charge in [-0.1, -0.05) is 115 Å². The Kier molecular flexibility index (Phi) is 9.02. The van der Waals surface area contributed by atoms with Gasteiger partial charge in [-0.3, -0.25) is 0 Å². The zero-order valence-corrected chi connectivity index (χ0v) is 26.5. The van der Waals surface area contributed by atoms with Crippen LogP contribution in [0.3, 0.4) is 0 Å². The smallest absolute Gasteiger partial charge is 0.0318 e. The molecule has 0 amide bonds. The van der Waals surface area contributed by atoms with E-state index < -0.39 is 6.37 Å². The molecule has 0 spiro atoms. The van der Waals surface area contributed by atoms with Crippen LogP contribution in [0.25, 0.3) is 55.2 Å². The van der Waals surface area contributed by atoms with Crippen molar-refractivity contribution in [2.45, 2.75) is 20.2 Å². The van der Waals surface area contributed by atoms with Gasteiger partial charge in [-0.05, 0) is 46.8 Å². The summed E-state index contributed by atoms with van der Waals surface area (Å²) in [5.74, 6) is -0.107. The summed E-state index contributed by atoms with van der Waals surface area (Å²) in [4.78, 5) is 8.81. The van der Waals surface area contributed by atoms with Crippen LogP contribution in [0, 0.1) is 18.1 Å². The van der Waals surface area contributed by atoms with Crippen LogP contribution in [0.15, 0.2) is 140 Å². The second-order valence-corrected chi connectivity index (χ2v) is 10.4. The number of aromatic nitrogens is 2. The van der Waals surface area contributed by atoms with Crippen molar-refractivity contribution in [3.05, 3.63) is 157 Å². The van der Waals surface area contributed by atoms with E-state index in [0.717, 1.165) is 27.9 Å². The number of pyridine rings is 2. The van der Waals surface area contributed by atoms with Crippen molar-refractivity contribution in [3.63, 3.8) is 0 Å². The van der Waals surface area contributed by atoms with Gasteiger partial charge in [0, 0.05) is 35.2 Å². The number of nitrogens with zero attached hydrogens (tertiary/aromatic N) is 2. The van der Waals surface area contributed by atoms with Gasteiger partial charge in [0.05, 0.1) is 0 Å². The molecule has 43 heavy (non-hydrogen) atoms. The van der Waals surface area contributed by atoms with Gasteiger partial charge in [0.25, 0.3) is 0 Å². The van der Waals surface area contributed by atoms with Crippen LogP contribution in [0.4, 0.5) is 0 Å². The first-order valence-electron chi connectivity index (χ1n) is 15.2. The first-order valence-corrected chi connectivity index (χ1v) is 14.2. The van der Waals surface area contributed by atoms with Gasteiger partial charge in [-0.15, -0.1) is 64.5 Å². The molecule has 0 fully saturated rings. The summed E-state index contributed by atoms with van der Waals surface area (Å²) in [5, 5.41) is 4.73. The molecule has 0 unspecified atom stereocenters. The maximum absolute atomic E-state index is 8.33. The second kappa shape index (κ2) is 14.2. The number of hydrogen-bond acceptors (Lipinski definition) is 2. The maximum atomic E-state index is 8.33. The molecule has 3 heteroatoms. The van der Waals surface area contributed by atoms with Gasteiger partial charge in [-0.25, -0.2) is 0 Å². The Bertz CT molecular complexity index is 1970. The van der Waals surface area contributed by atoms with E-state index in [1.807, 2.05) is 74.5 Å². The third-order valence-corrected chi connectivity index (χ3v) is 7.02. The van der Waals surface area contributed by atoms with E-state index in [1.165, 1.54) is 27.3 Å². The third kappa shape index (κ3) is 7.32. The number of hydrogen-bond donors (Lipinski definition) is 0. The summed E-state index contributed by atoms with van der Waals surface area (Å²) >= 11 is 0. The fraction of sp³-hybridized carbons (Fsp3) is 0.100. The molecule has 2 nitrogen and oxygen atoms in total. The Morgan fingerprint density at radius 2 is 1.37 bits per heavy atom. The average Bonchev–Trinajstić information content (AvgIpc) is 3.09. The van der Waals surface area contributed by atoms with Gasteiger partial charge < -0.3 is 9.97 Å². The van der Waals surface area contributed by atoms with E-state index in [-0.39, 0.29) is 26.0 Å². The van der Waals surface area contributed by atoms with Crippen molar-refractivity contribution in [2.24, 2.45) is 5.92 Å². The normalized spacial score (nSPS) is 11.7. The van der Waals surface area contributed by atoms with E-state index in [0.29, 0.717) is 5.56 Å². The number of rotatable bonds is 5. The molecule has 5 aromatic carbocycles. The predicted octanol–water partition coefficient (Wildman–Crippen LogP) is 10.3. The van der Waals surface area contributed by atoms with Crippen molar-refractivity contribution in [3.8, 4) is 33.6 Å². The molecule has 2 heterocycles. The van der Waals surface area contributed by atoms with Crippen LogP contribution in [-0.2, 0) is 26.5 Å². The van der Waals surface area contributed by atoms with E-state index in [9.17, 15) is 0 Å². The molecule has 7 aromatic rings. The van der Waals surface area contributed by atoms with Gasteiger partial charge in [0.2, 0.25) is 0 Å². The van der Waals surface area contributed by atoms with Crippen molar-refractivity contribution >= 4 is 21.5 Å². The van der Waals surface area contributed by atoms with Crippen LogP contribution in [-0.4, -0.2) is 9.97 Å². The van der Waals surface area contributed by atoms with Gasteiger partial charge in [0.1, 0.15) is 0 Å². The van der Waals surface area contributed by atoms with E-state index >= 15 is 0 Å². The summed E-state index contributed by atoms with van der Waals surface area (Å²) in [6.07, 6.45) is 2.10. The van der Waals surface area contributed by atoms with Crippen LogP contribution >= 0.6 is 0 Å². The van der Waals surface area contributed by atoms with Crippen molar-refractivity contribution in [2.75, 3.05) is 0 Å². The molecule has 7 rings (SSSR count). The van der Waals surface area contributed by atoms with Gasteiger partial charge in [-0.2, -0.15) is 0 Å². The molecule has 0 bridgehead atoms. The summed E-state index contributed by atoms with van der Waals surface area (Å²) in [6, 6.07) is 49.3. The monoisotopic (exact) mass is 735 g/mol. The minimum atomic E-state index is -1.38. The average molecular weight is 735 g/mol. The Morgan fingerprint density at radius 3 is 2.19 bits per heavy atom. The SMILES string of the molecule is [2H]C([2H])(c1ccnc(-c2[c-]cc3c(ccc4ccccc43)c2)c1)C(C)C.[Ir].[c-]1ccc(-c2ccccc2)cc1-c1ccccn1. The Balaban J connectivity index is 0.000000185. The van der Waals surface area contributed by atoms with Crippen LogP contribution < -0.4 is 0 Å². The quantitative estimate of drug-likeness (QED) is 0.130. The molecule has 0 saturated carbocycles. The van der Waals surface area contributed by atoms with Crippen LogP contribution in [0.5, 0.6) is 0 Å². The Labute approximate surface area is 270 Å². The molecular weight excluding hydrogens is 701 g/mol. The van der Waals surface area contributed by atoms with E-state index in [1.54, 1.807) is 18.5 Å². The van der Waals surface area contributed by atoms with Crippen LogP contribution in [0.2, 0.25) is 0 Å². The molecule has 1 radical (unpaired) electrons. The number of benzene rings is 5. The van der Waals surface area contributed by atoms with Crippen LogP contribution in [0.1, 0.15) is 22.2 Å². The summed E-state index contributed by atoms with van der Waals surface area (Å²) in [6.45, 7) is 3.79. The van der Waals surface area contributed by atoms with E-state index in [2.05, 4.69) is 82.8 Å². The molecule has 0 saturated heterocycles. The standard InChI is InChI=1S/C23H20N.C17H12N.Ir/c1-16(2)13-17-11-12-24-23(14-17)20-9-10-22-19(15-20)8-7-18-5-3-4-6-21(18)22;1-2-7-14(8-3-1)15-9-6-10-16(13-15)17-11-4-5-12-18-17;/h3-8,10-12,14-16H,13H2,1-2H3;1-9,11-13H;/q2*-1;/i13D2;;. The molecule has 0 aliphatic rings. The summed E-state index contributed by atoms with van der Waals surface area (Å²) < 4.78 is 16.7. The molecule has 0 aliphatic heterocycles. The first kappa shape index (κ1) is 27.4. The van der Waals surface area contributed by atoms with Crippen molar-refractivity contribution < 1.29 is 22.8 Å². The Morgan fingerprint density at radius 1 is 0.628 bits per heavy atom. The third-order valence-electron chi connectivity index (χ3n) is 7.02. The Hall–Kier alpha value is -4.43. The predicted molar refractivity (Wildman–Crippen MR) is 176 cm³/mol. The largest absolute Gasteiger partial charge is 0.305 e. The minimum Gasteiger partial charge on any atom is -0.305 e. The molecular formula is C40H32IrN2-2. The van der Waals surface area contributed by atoms with Gasteiger partial charge >= 0.3 is 0 Å².